The Labute approximate surface area is 123 Å². The van der Waals surface area contributed by atoms with Crippen LogP contribution >= 0.6 is 0 Å². The van der Waals surface area contributed by atoms with Crippen molar-refractivity contribution in [2.45, 2.75) is 58.3 Å². The second-order valence-corrected chi connectivity index (χ2v) is 6.99. The van der Waals surface area contributed by atoms with Crippen molar-refractivity contribution < 1.29 is 8.42 Å². The van der Waals surface area contributed by atoms with Crippen LogP contribution in [0.2, 0.25) is 0 Å². The van der Waals surface area contributed by atoms with Crippen LogP contribution in [0.3, 0.4) is 0 Å². The smallest absolute Gasteiger partial charge is 0.212 e. The number of hydrogen-bond acceptors (Lipinski definition) is 4. The molecule has 0 heterocycles. The largest absolute Gasteiger partial charge is 0.213 e. The van der Waals surface area contributed by atoms with E-state index in [1.165, 1.54) is 0 Å². The average molecular weight is 299 g/mol. The van der Waals surface area contributed by atoms with Gasteiger partial charge in [0.05, 0.1) is 17.9 Å². The molecule has 0 radical (unpaired) electrons. The van der Waals surface area contributed by atoms with Gasteiger partial charge in [0.25, 0.3) is 0 Å². The number of nitrogens with zero attached hydrogens (tertiary/aromatic N) is 3. The minimum atomic E-state index is -3.14. The third-order valence-electron chi connectivity index (χ3n) is 3.15. The van der Waals surface area contributed by atoms with Crippen molar-refractivity contribution in [1.82, 2.24) is 4.31 Å². The van der Waals surface area contributed by atoms with E-state index in [4.69, 9.17) is 10.5 Å². The van der Waals surface area contributed by atoms with Gasteiger partial charge in [0.15, 0.2) is 0 Å². The highest BCUT2D eigenvalue weighted by molar-refractivity contribution is 7.89. The van der Waals surface area contributed by atoms with Crippen molar-refractivity contribution in [2.75, 3.05) is 18.8 Å². The maximum atomic E-state index is 12.0. The first-order valence-electron chi connectivity index (χ1n) is 7.30. The molecule has 114 valence electrons. The fourth-order valence-corrected chi connectivity index (χ4v) is 3.09. The van der Waals surface area contributed by atoms with E-state index in [-0.39, 0.29) is 5.75 Å². The standard InChI is InChI=1S/C14H25N3O2S/c1-2-20(18,19)17(13-9-5-3-7-11-15)14-10-6-4-8-12-16/h2-10,13-14H2,1H3. The van der Waals surface area contributed by atoms with E-state index in [0.717, 1.165) is 38.5 Å². The van der Waals surface area contributed by atoms with Gasteiger partial charge in [0.1, 0.15) is 0 Å². The highest BCUT2D eigenvalue weighted by Crippen LogP contribution is 2.09. The van der Waals surface area contributed by atoms with Gasteiger partial charge in [-0.1, -0.05) is 12.8 Å². The molecule has 0 saturated carbocycles. The third kappa shape index (κ3) is 8.90. The van der Waals surface area contributed by atoms with Gasteiger partial charge >= 0.3 is 0 Å². The van der Waals surface area contributed by atoms with Crippen molar-refractivity contribution in [1.29, 1.82) is 10.5 Å². The number of rotatable bonds is 12. The first kappa shape index (κ1) is 18.9. The molecule has 0 aliphatic rings. The number of nitriles is 2. The molecule has 0 atom stereocenters. The molecule has 0 aliphatic heterocycles. The van der Waals surface area contributed by atoms with Crippen LogP contribution in [0.4, 0.5) is 0 Å². The van der Waals surface area contributed by atoms with Crippen molar-refractivity contribution in [2.24, 2.45) is 0 Å². The zero-order chi connectivity index (χ0) is 15.3. The van der Waals surface area contributed by atoms with Crippen LogP contribution in [0.25, 0.3) is 0 Å². The Balaban J connectivity index is 4.10. The van der Waals surface area contributed by atoms with Crippen molar-refractivity contribution >= 4 is 10.0 Å². The van der Waals surface area contributed by atoms with Gasteiger partial charge in [0.2, 0.25) is 10.0 Å². The van der Waals surface area contributed by atoms with Gasteiger partial charge in [-0.3, -0.25) is 0 Å². The summed E-state index contributed by atoms with van der Waals surface area (Å²) in [4.78, 5) is 0. The van der Waals surface area contributed by atoms with E-state index in [9.17, 15) is 8.42 Å². The lowest BCUT2D eigenvalue weighted by Gasteiger charge is -2.21. The van der Waals surface area contributed by atoms with Crippen molar-refractivity contribution in [3.05, 3.63) is 0 Å². The molecule has 0 aromatic heterocycles. The van der Waals surface area contributed by atoms with E-state index in [1.54, 1.807) is 11.2 Å². The van der Waals surface area contributed by atoms with Gasteiger partial charge in [-0.25, -0.2) is 12.7 Å². The Morgan fingerprint density at radius 3 is 1.65 bits per heavy atom. The SMILES string of the molecule is CCS(=O)(=O)N(CCCCCC#N)CCCCCC#N. The van der Waals surface area contributed by atoms with E-state index in [1.807, 2.05) is 0 Å². The van der Waals surface area contributed by atoms with Crippen LogP contribution in [-0.2, 0) is 10.0 Å². The van der Waals surface area contributed by atoms with E-state index >= 15 is 0 Å². The maximum Gasteiger partial charge on any atom is 0.213 e. The molecule has 0 saturated heterocycles. The fraction of sp³-hybridized carbons (Fsp3) is 0.857. The van der Waals surface area contributed by atoms with Gasteiger partial charge in [-0.05, 0) is 32.6 Å². The Morgan fingerprint density at radius 1 is 0.850 bits per heavy atom. The van der Waals surface area contributed by atoms with Gasteiger partial charge in [0, 0.05) is 25.9 Å². The molecular formula is C14H25N3O2S. The predicted octanol–water partition coefficient (Wildman–Crippen LogP) is 2.81. The van der Waals surface area contributed by atoms with Crippen LogP contribution < -0.4 is 0 Å². The molecule has 0 fully saturated rings. The summed E-state index contributed by atoms with van der Waals surface area (Å²) < 4.78 is 25.5. The monoisotopic (exact) mass is 299 g/mol. The molecule has 5 nitrogen and oxygen atoms in total. The first-order chi connectivity index (χ1) is 9.58. The maximum absolute atomic E-state index is 12.0. The summed E-state index contributed by atoms with van der Waals surface area (Å²) in [6.07, 6.45) is 6.12. The van der Waals surface area contributed by atoms with Gasteiger partial charge in [-0.15, -0.1) is 0 Å². The topological polar surface area (TPSA) is 85.0 Å². The van der Waals surface area contributed by atoms with Crippen LogP contribution in [-0.4, -0.2) is 31.6 Å². The van der Waals surface area contributed by atoms with Crippen LogP contribution in [0.5, 0.6) is 0 Å². The molecule has 0 amide bonds. The Kier molecular flexibility index (Phi) is 11.0. The lowest BCUT2D eigenvalue weighted by atomic mass is 10.2. The highest BCUT2D eigenvalue weighted by Gasteiger charge is 2.18. The summed E-state index contributed by atoms with van der Waals surface area (Å²) in [6, 6.07) is 4.19. The average Bonchev–Trinajstić information content (AvgIpc) is 2.44. The molecule has 0 N–H and O–H groups in total. The Hall–Kier alpha value is -1.11. The van der Waals surface area contributed by atoms with Crippen LogP contribution in [0.1, 0.15) is 58.3 Å². The molecule has 0 rings (SSSR count). The number of unbranched alkanes of at least 4 members (excludes halogenated alkanes) is 6. The second kappa shape index (κ2) is 11.7. The molecule has 0 spiro atoms. The minimum Gasteiger partial charge on any atom is -0.212 e. The second-order valence-electron chi connectivity index (χ2n) is 4.74. The highest BCUT2D eigenvalue weighted by atomic mass is 32.2. The fourth-order valence-electron chi connectivity index (χ4n) is 1.91. The lowest BCUT2D eigenvalue weighted by Crippen LogP contribution is -2.34. The number of hydrogen-bond donors (Lipinski definition) is 0. The molecule has 0 unspecified atom stereocenters. The molecule has 0 aromatic carbocycles. The summed E-state index contributed by atoms with van der Waals surface area (Å²) in [5, 5.41) is 16.9. The summed E-state index contributed by atoms with van der Waals surface area (Å²) in [5.41, 5.74) is 0. The zero-order valence-electron chi connectivity index (χ0n) is 12.3. The molecule has 0 bridgehead atoms. The lowest BCUT2D eigenvalue weighted by molar-refractivity contribution is 0.387. The Morgan fingerprint density at radius 2 is 1.30 bits per heavy atom. The summed E-state index contributed by atoms with van der Waals surface area (Å²) in [6.45, 7) is 2.74. The number of sulfonamides is 1. The molecule has 20 heavy (non-hydrogen) atoms. The summed E-state index contributed by atoms with van der Waals surface area (Å²) in [7, 11) is -3.14. The predicted molar refractivity (Wildman–Crippen MR) is 79.2 cm³/mol. The molecule has 0 aromatic rings. The van der Waals surface area contributed by atoms with E-state index in [2.05, 4.69) is 12.1 Å². The van der Waals surface area contributed by atoms with Gasteiger partial charge in [-0.2, -0.15) is 10.5 Å². The van der Waals surface area contributed by atoms with Gasteiger partial charge < -0.3 is 0 Å². The summed E-state index contributed by atoms with van der Waals surface area (Å²) >= 11 is 0. The Bertz CT molecular complexity index is 397. The zero-order valence-corrected chi connectivity index (χ0v) is 13.2. The normalized spacial score (nSPS) is 11.2. The quantitative estimate of drug-likeness (QED) is 0.519. The van der Waals surface area contributed by atoms with E-state index < -0.39 is 10.0 Å². The summed E-state index contributed by atoms with van der Waals surface area (Å²) in [5.74, 6) is 0.128. The van der Waals surface area contributed by atoms with Crippen molar-refractivity contribution in [3.8, 4) is 12.1 Å². The molecular weight excluding hydrogens is 274 g/mol. The van der Waals surface area contributed by atoms with E-state index in [0.29, 0.717) is 25.9 Å². The minimum absolute atomic E-state index is 0.128. The van der Waals surface area contributed by atoms with Crippen molar-refractivity contribution in [3.63, 3.8) is 0 Å². The third-order valence-corrected chi connectivity index (χ3v) is 5.03. The molecule has 6 heteroatoms. The molecule has 0 aliphatic carbocycles. The van der Waals surface area contributed by atoms with Crippen LogP contribution in [0, 0.1) is 22.7 Å². The van der Waals surface area contributed by atoms with Crippen LogP contribution in [0.15, 0.2) is 0 Å². The first-order valence-corrected chi connectivity index (χ1v) is 8.91.